The van der Waals surface area contributed by atoms with E-state index >= 15 is 0 Å². The average Bonchev–Trinajstić information content (AvgIpc) is 2.86. The zero-order valence-electron chi connectivity index (χ0n) is 8.44. The molecule has 0 unspecified atom stereocenters. The topological polar surface area (TPSA) is 98.3 Å². The summed E-state index contributed by atoms with van der Waals surface area (Å²) in [4.78, 5) is 21.0. The summed E-state index contributed by atoms with van der Waals surface area (Å²) in [7, 11) is 0. The SMILES string of the molecule is O=C(O)c1sccc1Cn1cc([N+](=O)[O-])cn1. The number of nitro groups is 1. The van der Waals surface area contributed by atoms with Gasteiger partial charge in [0.05, 0.1) is 11.5 Å². The maximum atomic E-state index is 10.9. The molecule has 2 heterocycles. The van der Waals surface area contributed by atoms with Crippen LogP contribution in [0.5, 0.6) is 0 Å². The van der Waals surface area contributed by atoms with Crippen LogP contribution in [0.4, 0.5) is 5.69 Å². The van der Waals surface area contributed by atoms with E-state index in [2.05, 4.69) is 5.10 Å². The van der Waals surface area contributed by atoms with Crippen LogP contribution in [0.3, 0.4) is 0 Å². The molecule has 0 radical (unpaired) electrons. The summed E-state index contributed by atoms with van der Waals surface area (Å²) in [6.45, 7) is 0.207. The van der Waals surface area contributed by atoms with Crippen molar-refractivity contribution in [1.29, 1.82) is 0 Å². The molecule has 8 heteroatoms. The number of carboxylic acids is 1. The molecule has 0 aliphatic heterocycles. The van der Waals surface area contributed by atoms with Crippen molar-refractivity contribution >= 4 is 23.0 Å². The van der Waals surface area contributed by atoms with Gasteiger partial charge in [0, 0.05) is 0 Å². The summed E-state index contributed by atoms with van der Waals surface area (Å²) >= 11 is 1.12. The number of hydrogen-bond acceptors (Lipinski definition) is 5. The maximum Gasteiger partial charge on any atom is 0.346 e. The fraction of sp³-hybridized carbons (Fsp3) is 0.111. The summed E-state index contributed by atoms with van der Waals surface area (Å²) in [6, 6.07) is 1.67. The van der Waals surface area contributed by atoms with Gasteiger partial charge in [0.2, 0.25) is 0 Å². The van der Waals surface area contributed by atoms with Crippen LogP contribution in [-0.2, 0) is 6.54 Å². The summed E-state index contributed by atoms with van der Waals surface area (Å²) in [5.74, 6) is -1.00. The lowest BCUT2D eigenvalue weighted by Crippen LogP contribution is -2.04. The molecule has 0 saturated heterocycles. The minimum absolute atomic E-state index is 0.114. The molecule has 88 valence electrons. The third kappa shape index (κ3) is 2.31. The van der Waals surface area contributed by atoms with Crippen LogP contribution in [0.1, 0.15) is 15.2 Å². The Morgan fingerprint density at radius 1 is 1.65 bits per heavy atom. The van der Waals surface area contributed by atoms with Gasteiger partial charge in [-0.25, -0.2) is 4.79 Å². The fourth-order valence-corrected chi connectivity index (χ4v) is 2.11. The maximum absolute atomic E-state index is 10.9. The van der Waals surface area contributed by atoms with Crippen molar-refractivity contribution in [2.75, 3.05) is 0 Å². The second kappa shape index (κ2) is 4.34. The van der Waals surface area contributed by atoms with E-state index in [1.165, 1.54) is 10.9 Å². The Morgan fingerprint density at radius 3 is 3.00 bits per heavy atom. The Balaban J connectivity index is 2.22. The van der Waals surface area contributed by atoms with Crippen LogP contribution in [0, 0.1) is 10.1 Å². The van der Waals surface area contributed by atoms with E-state index < -0.39 is 10.9 Å². The molecular formula is C9H7N3O4S. The molecule has 0 saturated carbocycles. The summed E-state index contributed by atoms with van der Waals surface area (Å²) in [5, 5.41) is 24.8. The van der Waals surface area contributed by atoms with Gasteiger partial charge in [-0.15, -0.1) is 11.3 Å². The van der Waals surface area contributed by atoms with Gasteiger partial charge in [-0.1, -0.05) is 0 Å². The lowest BCUT2D eigenvalue weighted by Gasteiger charge is -1.99. The third-order valence-corrected chi connectivity index (χ3v) is 3.05. The van der Waals surface area contributed by atoms with Gasteiger partial charge < -0.3 is 5.11 Å². The smallest absolute Gasteiger partial charge is 0.346 e. The number of rotatable bonds is 4. The second-order valence-electron chi connectivity index (χ2n) is 3.23. The number of carboxylic acid groups (broad SMARTS) is 1. The highest BCUT2D eigenvalue weighted by Crippen LogP contribution is 2.18. The Labute approximate surface area is 99.1 Å². The highest BCUT2D eigenvalue weighted by Gasteiger charge is 2.14. The summed E-state index contributed by atoms with van der Waals surface area (Å²) in [5.41, 5.74) is 0.470. The van der Waals surface area contributed by atoms with Crippen LogP contribution < -0.4 is 0 Å². The van der Waals surface area contributed by atoms with Crippen molar-refractivity contribution in [3.05, 3.63) is 44.4 Å². The molecule has 1 N–H and O–H groups in total. The zero-order valence-corrected chi connectivity index (χ0v) is 9.25. The first kappa shape index (κ1) is 11.3. The number of carbonyl (C=O) groups is 1. The van der Waals surface area contributed by atoms with Crippen molar-refractivity contribution < 1.29 is 14.8 Å². The van der Waals surface area contributed by atoms with Crippen molar-refractivity contribution in [2.45, 2.75) is 6.54 Å². The normalized spacial score (nSPS) is 10.4. The number of nitrogens with zero attached hydrogens (tertiary/aromatic N) is 3. The monoisotopic (exact) mass is 253 g/mol. The van der Waals surface area contributed by atoms with Crippen LogP contribution in [0.15, 0.2) is 23.8 Å². The van der Waals surface area contributed by atoms with Crippen LogP contribution in [0.25, 0.3) is 0 Å². The van der Waals surface area contributed by atoms with Gasteiger partial charge in [-0.2, -0.15) is 5.10 Å². The number of aromatic carboxylic acids is 1. The molecule has 0 aliphatic carbocycles. The number of thiophene rings is 1. The predicted molar refractivity (Wildman–Crippen MR) is 59.3 cm³/mol. The number of hydrogen-bond donors (Lipinski definition) is 1. The minimum Gasteiger partial charge on any atom is -0.477 e. The van der Waals surface area contributed by atoms with Crippen LogP contribution >= 0.6 is 11.3 Å². The molecule has 0 fully saturated rings. The van der Waals surface area contributed by atoms with Gasteiger partial charge in [-0.3, -0.25) is 14.8 Å². The Kier molecular flexibility index (Phi) is 2.88. The van der Waals surface area contributed by atoms with Crippen molar-refractivity contribution in [3.63, 3.8) is 0 Å². The highest BCUT2D eigenvalue weighted by atomic mass is 32.1. The Morgan fingerprint density at radius 2 is 2.41 bits per heavy atom. The molecular weight excluding hydrogens is 246 g/mol. The molecule has 2 aromatic heterocycles. The van der Waals surface area contributed by atoms with Gasteiger partial charge in [0.1, 0.15) is 17.3 Å². The van der Waals surface area contributed by atoms with E-state index in [-0.39, 0.29) is 17.1 Å². The first-order valence-corrected chi connectivity index (χ1v) is 5.42. The molecule has 0 amide bonds. The molecule has 2 rings (SSSR count). The Bertz CT molecular complexity index is 574. The lowest BCUT2D eigenvalue weighted by atomic mass is 10.2. The molecule has 0 bridgehead atoms. The van der Waals surface area contributed by atoms with Gasteiger partial charge in [-0.05, 0) is 17.0 Å². The first-order chi connectivity index (χ1) is 8.08. The molecule has 0 aromatic carbocycles. The van der Waals surface area contributed by atoms with Gasteiger partial charge in [0.25, 0.3) is 0 Å². The van der Waals surface area contributed by atoms with Gasteiger partial charge >= 0.3 is 11.7 Å². The zero-order chi connectivity index (χ0) is 12.4. The molecule has 0 atom stereocenters. The quantitative estimate of drug-likeness (QED) is 0.659. The molecule has 2 aromatic rings. The van der Waals surface area contributed by atoms with E-state index in [1.807, 2.05) is 0 Å². The van der Waals surface area contributed by atoms with E-state index in [1.54, 1.807) is 11.4 Å². The molecule has 0 aliphatic rings. The van der Waals surface area contributed by atoms with Crippen LogP contribution in [0.2, 0.25) is 0 Å². The summed E-state index contributed by atoms with van der Waals surface area (Å²) in [6.07, 6.45) is 2.40. The minimum atomic E-state index is -1.00. The highest BCUT2D eigenvalue weighted by molar-refractivity contribution is 7.12. The standard InChI is InChI=1S/C9H7N3O4S/c13-9(14)8-6(1-2-17-8)4-11-5-7(3-10-11)12(15)16/h1-3,5H,4H2,(H,13,14). The Hall–Kier alpha value is -2.22. The summed E-state index contributed by atoms with van der Waals surface area (Å²) < 4.78 is 1.34. The first-order valence-electron chi connectivity index (χ1n) is 4.54. The van der Waals surface area contributed by atoms with E-state index in [9.17, 15) is 14.9 Å². The third-order valence-electron chi connectivity index (χ3n) is 2.10. The van der Waals surface area contributed by atoms with E-state index in [4.69, 9.17) is 5.11 Å². The lowest BCUT2D eigenvalue weighted by molar-refractivity contribution is -0.385. The van der Waals surface area contributed by atoms with Crippen molar-refractivity contribution in [1.82, 2.24) is 9.78 Å². The predicted octanol–water partition coefficient (Wildman–Crippen LogP) is 1.60. The second-order valence-corrected chi connectivity index (χ2v) is 4.15. The largest absolute Gasteiger partial charge is 0.477 e. The van der Waals surface area contributed by atoms with Gasteiger partial charge in [0.15, 0.2) is 0 Å². The fourth-order valence-electron chi connectivity index (χ4n) is 1.36. The molecule has 17 heavy (non-hydrogen) atoms. The van der Waals surface area contributed by atoms with Crippen LogP contribution in [-0.4, -0.2) is 25.8 Å². The molecule has 0 spiro atoms. The average molecular weight is 253 g/mol. The number of aromatic nitrogens is 2. The molecule has 7 nitrogen and oxygen atoms in total. The van der Waals surface area contributed by atoms with Crippen molar-refractivity contribution in [3.8, 4) is 0 Å². The van der Waals surface area contributed by atoms with E-state index in [0.717, 1.165) is 17.5 Å². The van der Waals surface area contributed by atoms with Crippen molar-refractivity contribution in [2.24, 2.45) is 0 Å². The van der Waals surface area contributed by atoms with E-state index in [0.29, 0.717) is 5.56 Å².